The molecule has 0 atom stereocenters. The minimum absolute atomic E-state index is 0.311. The van der Waals surface area contributed by atoms with Gasteiger partial charge in [0.05, 0.1) is 6.54 Å². The summed E-state index contributed by atoms with van der Waals surface area (Å²) in [5, 5.41) is 3.18. The summed E-state index contributed by atoms with van der Waals surface area (Å²) >= 11 is 0. The first-order valence-corrected chi connectivity index (χ1v) is 7.00. The highest BCUT2D eigenvalue weighted by molar-refractivity contribution is 5.80. The molecule has 106 valence electrons. The quantitative estimate of drug-likeness (QED) is 0.691. The summed E-state index contributed by atoms with van der Waals surface area (Å²) in [6, 6.07) is 8.55. The summed E-state index contributed by atoms with van der Waals surface area (Å²) in [4.78, 5) is 13.8. The number of nitrogens with zero attached hydrogens (tertiary/aromatic N) is 1. The van der Waals surface area contributed by atoms with Gasteiger partial charge in [0.1, 0.15) is 5.78 Å². The molecule has 0 aromatic heterocycles. The fourth-order valence-corrected chi connectivity index (χ4v) is 1.86. The van der Waals surface area contributed by atoms with Crippen LogP contribution >= 0.6 is 0 Å². The van der Waals surface area contributed by atoms with Gasteiger partial charge in [-0.25, -0.2) is 0 Å². The van der Waals surface area contributed by atoms with E-state index in [9.17, 15) is 4.79 Å². The SMILES string of the molecule is Cc1ccc(CCCC(=O)CNCCN(C)C)cc1. The Morgan fingerprint density at radius 3 is 2.53 bits per heavy atom. The van der Waals surface area contributed by atoms with E-state index in [-0.39, 0.29) is 0 Å². The average Bonchev–Trinajstić information content (AvgIpc) is 2.37. The van der Waals surface area contributed by atoms with Gasteiger partial charge in [-0.05, 0) is 39.4 Å². The Kier molecular flexibility index (Phi) is 7.38. The number of hydrogen-bond acceptors (Lipinski definition) is 3. The van der Waals surface area contributed by atoms with Gasteiger partial charge < -0.3 is 10.2 Å². The summed E-state index contributed by atoms with van der Waals surface area (Å²) < 4.78 is 0. The van der Waals surface area contributed by atoms with Gasteiger partial charge >= 0.3 is 0 Å². The van der Waals surface area contributed by atoms with Crippen molar-refractivity contribution in [3.05, 3.63) is 35.4 Å². The summed E-state index contributed by atoms with van der Waals surface area (Å²) in [5.74, 6) is 0.311. The predicted octanol–water partition coefficient (Wildman–Crippen LogP) is 2.04. The van der Waals surface area contributed by atoms with Crippen molar-refractivity contribution in [2.75, 3.05) is 33.7 Å². The van der Waals surface area contributed by atoms with E-state index in [2.05, 4.69) is 41.4 Å². The molecule has 0 aliphatic carbocycles. The van der Waals surface area contributed by atoms with Crippen LogP contribution < -0.4 is 5.32 Å². The molecule has 3 heteroatoms. The summed E-state index contributed by atoms with van der Waals surface area (Å²) in [6.45, 7) is 4.43. The lowest BCUT2D eigenvalue weighted by molar-refractivity contribution is -0.118. The molecule has 0 spiro atoms. The second-order valence-corrected chi connectivity index (χ2v) is 5.36. The third-order valence-electron chi connectivity index (χ3n) is 3.10. The van der Waals surface area contributed by atoms with Gasteiger partial charge in [0, 0.05) is 19.5 Å². The third kappa shape index (κ3) is 7.75. The van der Waals surface area contributed by atoms with E-state index in [1.165, 1.54) is 11.1 Å². The van der Waals surface area contributed by atoms with Crippen molar-refractivity contribution >= 4 is 5.78 Å². The first-order valence-electron chi connectivity index (χ1n) is 7.00. The summed E-state index contributed by atoms with van der Waals surface area (Å²) in [5.41, 5.74) is 2.60. The number of nitrogens with one attached hydrogen (secondary N) is 1. The van der Waals surface area contributed by atoms with Crippen LogP contribution in [-0.4, -0.2) is 44.4 Å². The number of ketones is 1. The molecule has 1 rings (SSSR count). The molecule has 0 fully saturated rings. The largest absolute Gasteiger partial charge is 0.309 e. The number of rotatable bonds is 9. The third-order valence-corrected chi connectivity index (χ3v) is 3.10. The van der Waals surface area contributed by atoms with Gasteiger partial charge in [-0.1, -0.05) is 29.8 Å². The zero-order valence-corrected chi connectivity index (χ0v) is 12.4. The molecule has 1 aromatic carbocycles. The Balaban J connectivity index is 2.08. The Hall–Kier alpha value is -1.19. The fraction of sp³-hybridized carbons (Fsp3) is 0.562. The second-order valence-electron chi connectivity index (χ2n) is 5.36. The van der Waals surface area contributed by atoms with E-state index in [1.54, 1.807) is 0 Å². The maximum atomic E-state index is 11.7. The predicted molar refractivity (Wildman–Crippen MR) is 80.5 cm³/mol. The highest BCUT2D eigenvalue weighted by atomic mass is 16.1. The van der Waals surface area contributed by atoms with E-state index in [0.717, 1.165) is 25.9 Å². The number of hydrogen-bond donors (Lipinski definition) is 1. The molecule has 0 aliphatic heterocycles. The van der Waals surface area contributed by atoms with Crippen molar-refractivity contribution in [1.82, 2.24) is 10.2 Å². The molecular formula is C16H26N2O. The number of Topliss-reactive ketones (excluding diaryl/α,β-unsaturated/α-hetero) is 1. The average molecular weight is 262 g/mol. The second kappa shape index (κ2) is 8.83. The molecule has 0 saturated carbocycles. The van der Waals surface area contributed by atoms with E-state index in [0.29, 0.717) is 18.7 Å². The Bertz CT molecular complexity index is 371. The molecule has 1 aromatic rings. The summed E-state index contributed by atoms with van der Waals surface area (Å²) in [7, 11) is 4.07. The van der Waals surface area contributed by atoms with Crippen LogP contribution in [0.25, 0.3) is 0 Å². The minimum Gasteiger partial charge on any atom is -0.309 e. The minimum atomic E-state index is 0.311. The summed E-state index contributed by atoms with van der Waals surface area (Å²) in [6.07, 6.45) is 2.60. The van der Waals surface area contributed by atoms with E-state index < -0.39 is 0 Å². The lowest BCUT2D eigenvalue weighted by Gasteiger charge is -2.09. The van der Waals surface area contributed by atoms with Gasteiger partial charge in [-0.3, -0.25) is 4.79 Å². The lowest BCUT2D eigenvalue weighted by Crippen LogP contribution is -2.30. The van der Waals surface area contributed by atoms with Crippen molar-refractivity contribution in [3.8, 4) is 0 Å². The molecule has 1 N–H and O–H groups in total. The lowest BCUT2D eigenvalue weighted by atomic mass is 10.1. The number of carbonyl (C=O) groups excluding carboxylic acids is 1. The molecule has 0 saturated heterocycles. The van der Waals surface area contributed by atoms with E-state index in [4.69, 9.17) is 0 Å². The van der Waals surface area contributed by atoms with Crippen LogP contribution in [-0.2, 0) is 11.2 Å². The first-order chi connectivity index (χ1) is 9.08. The molecule has 0 unspecified atom stereocenters. The first kappa shape index (κ1) is 15.9. The molecule has 3 nitrogen and oxygen atoms in total. The van der Waals surface area contributed by atoms with Gasteiger partial charge in [-0.15, -0.1) is 0 Å². The normalized spacial score (nSPS) is 10.9. The maximum Gasteiger partial charge on any atom is 0.146 e. The number of carbonyl (C=O) groups is 1. The number of benzene rings is 1. The van der Waals surface area contributed by atoms with Gasteiger partial charge in [-0.2, -0.15) is 0 Å². The fourth-order valence-electron chi connectivity index (χ4n) is 1.86. The van der Waals surface area contributed by atoms with Crippen LogP contribution in [0, 0.1) is 6.92 Å². The highest BCUT2D eigenvalue weighted by Crippen LogP contribution is 2.07. The monoisotopic (exact) mass is 262 g/mol. The van der Waals surface area contributed by atoms with Crippen LogP contribution in [0.5, 0.6) is 0 Å². The van der Waals surface area contributed by atoms with Crippen molar-refractivity contribution < 1.29 is 4.79 Å². The van der Waals surface area contributed by atoms with Crippen molar-refractivity contribution in [3.63, 3.8) is 0 Å². The maximum absolute atomic E-state index is 11.7. The molecule has 19 heavy (non-hydrogen) atoms. The van der Waals surface area contributed by atoms with Gasteiger partial charge in [0.25, 0.3) is 0 Å². The Labute approximate surface area is 117 Å². The van der Waals surface area contributed by atoms with Gasteiger partial charge in [0.15, 0.2) is 0 Å². The molecular weight excluding hydrogens is 236 g/mol. The molecule has 0 aliphatic rings. The standard InChI is InChI=1S/C16H26N2O/c1-14-7-9-15(10-8-14)5-4-6-16(19)13-17-11-12-18(2)3/h7-10,17H,4-6,11-13H2,1-3H3. The molecule has 0 radical (unpaired) electrons. The van der Waals surface area contributed by atoms with Crippen LogP contribution in [0.1, 0.15) is 24.0 Å². The molecule has 0 bridgehead atoms. The zero-order chi connectivity index (χ0) is 14.1. The Morgan fingerprint density at radius 1 is 1.21 bits per heavy atom. The van der Waals surface area contributed by atoms with Gasteiger partial charge in [0.2, 0.25) is 0 Å². The van der Waals surface area contributed by atoms with Crippen molar-refractivity contribution in [2.24, 2.45) is 0 Å². The van der Waals surface area contributed by atoms with Crippen LogP contribution in [0.3, 0.4) is 0 Å². The van der Waals surface area contributed by atoms with Crippen LogP contribution in [0.4, 0.5) is 0 Å². The van der Waals surface area contributed by atoms with Crippen molar-refractivity contribution in [1.29, 1.82) is 0 Å². The zero-order valence-electron chi connectivity index (χ0n) is 12.4. The van der Waals surface area contributed by atoms with Crippen LogP contribution in [0.2, 0.25) is 0 Å². The Morgan fingerprint density at radius 2 is 1.89 bits per heavy atom. The van der Waals surface area contributed by atoms with E-state index in [1.807, 2.05) is 14.1 Å². The topological polar surface area (TPSA) is 32.3 Å². The van der Waals surface area contributed by atoms with Crippen LogP contribution in [0.15, 0.2) is 24.3 Å². The number of aryl methyl sites for hydroxylation is 2. The molecule has 0 amide bonds. The highest BCUT2D eigenvalue weighted by Gasteiger charge is 2.02. The molecule has 0 heterocycles. The smallest absolute Gasteiger partial charge is 0.146 e. The van der Waals surface area contributed by atoms with Crippen molar-refractivity contribution in [2.45, 2.75) is 26.2 Å². The van der Waals surface area contributed by atoms with E-state index >= 15 is 0 Å². The number of likely N-dealkylation sites (N-methyl/N-ethyl adjacent to an activating group) is 1.